The van der Waals surface area contributed by atoms with Crippen LogP contribution in [0.25, 0.3) is 10.9 Å². The summed E-state index contributed by atoms with van der Waals surface area (Å²) >= 11 is 0. The summed E-state index contributed by atoms with van der Waals surface area (Å²) in [6.45, 7) is 0.929. The van der Waals surface area contributed by atoms with E-state index in [1.54, 1.807) is 6.20 Å². The number of likely N-dealkylation sites (N-methyl/N-ethyl adjacent to an activating group) is 1. The minimum absolute atomic E-state index is 0.275. The van der Waals surface area contributed by atoms with Crippen molar-refractivity contribution in [3.8, 4) is 0 Å². The molecule has 0 bridgehead atoms. The Morgan fingerprint density at radius 1 is 1.30 bits per heavy atom. The zero-order valence-corrected chi connectivity index (χ0v) is 12.2. The molecule has 3 rings (SSSR count). The van der Waals surface area contributed by atoms with Crippen LogP contribution >= 0.6 is 0 Å². The Morgan fingerprint density at radius 3 is 2.70 bits per heavy atom. The predicted molar refractivity (Wildman–Crippen MR) is 84.9 cm³/mol. The van der Waals surface area contributed by atoms with Gasteiger partial charge in [-0.05, 0) is 39.4 Å². The first-order chi connectivity index (χ1) is 9.62. The number of nitrogen functional groups attached to an aromatic ring is 1. The molecular weight excluding hydrogens is 248 g/mol. The topological polar surface area (TPSA) is 54.2 Å². The summed E-state index contributed by atoms with van der Waals surface area (Å²) < 4.78 is 0. The van der Waals surface area contributed by atoms with Gasteiger partial charge in [0, 0.05) is 17.5 Å². The third-order valence-electron chi connectivity index (χ3n) is 4.63. The van der Waals surface area contributed by atoms with Crippen LogP contribution < -0.4 is 11.1 Å². The molecule has 0 unspecified atom stereocenters. The highest BCUT2D eigenvalue weighted by Crippen LogP contribution is 2.37. The van der Waals surface area contributed by atoms with E-state index in [4.69, 9.17) is 5.73 Å². The summed E-state index contributed by atoms with van der Waals surface area (Å²) in [5.41, 5.74) is 9.11. The van der Waals surface area contributed by atoms with Gasteiger partial charge in [-0.1, -0.05) is 18.2 Å². The first-order valence-corrected chi connectivity index (χ1v) is 7.17. The molecule has 0 saturated heterocycles. The predicted octanol–water partition coefficient (Wildman–Crippen LogP) is 2.71. The lowest BCUT2D eigenvalue weighted by Gasteiger charge is -2.47. The number of anilines is 2. The number of nitrogens with two attached hydrogens (primary N) is 1. The lowest BCUT2D eigenvalue weighted by atomic mass is 9.75. The van der Waals surface area contributed by atoms with Crippen molar-refractivity contribution in [2.75, 3.05) is 31.7 Å². The average Bonchev–Trinajstić information content (AvgIpc) is 2.39. The molecule has 1 aliphatic carbocycles. The Labute approximate surface area is 120 Å². The van der Waals surface area contributed by atoms with Crippen molar-refractivity contribution >= 4 is 22.3 Å². The van der Waals surface area contributed by atoms with E-state index in [1.807, 2.05) is 18.2 Å². The van der Waals surface area contributed by atoms with Crippen LogP contribution in [0.1, 0.15) is 19.3 Å². The number of hydrogen-bond acceptors (Lipinski definition) is 4. The van der Waals surface area contributed by atoms with Gasteiger partial charge in [-0.15, -0.1) is 0 Å². The summed E-state index contributed by atoms with van der Waals surface area (Å²) in [5, 5.41) is 4.67. The van der Waals surface area contributed by atoms with Crippen LogP contribution in [0, 0.1) is 0 Å². The molecule has 1 fully saturated rings. The van der Waals surface area contributed by atoms with Gasteiger partial charge in [0.05, 0.1) is 23.1 Å². The van der Waals surface area contributed by atoms with Gasteiger partial charge < -0.3 is 16.0 Å². The van der Waals surface area contributed by atoms with E-state index in [-0.39, 0.29) is 5.54 Å². The van der Waals surface area contributed by atoms with Gasteiger partial charge in [0.25, 0.3) is 0 Å². The van der Waals surface area contributed by atoms with Gasteiger partial charge in [-0.25, -0.2) is 0 Å². The smallest absolute Gasteiger partial charge is 0.0743 e. The minimum Gasteiger partial charge on any atom is -0.396 e. The number of pyridine rings is 1. The summed E-state index contributed by atoms with van der Waals surface area (Å²) in [4.78, 5) is 6.72. The number of aromatic nitrogens is 1. The Kier molecular flexibility index (Phi) is 3.26. The number of hydrogen-bond donors (Lipinski definition) is 2. The second-order valence-corrected chi connectivity index (χ2v) is 5.93. The molecule has 4 nitrogen and oxygen atoms in total. The second kappa shape index (κ2) is 4.94. The number of benzene rings is 1. The molecule has 0 aliphatic heterocycles. The molecule has 106 valence electrons. The van der Waals surface area contributed by atoms with Gasteiger partial charge in [-0.2, -0.15) is 0 Å². The van der Waals surface area contributed by atoms with Gasteiger partial charge in [0.2, 0.25) is 0 Å². The molecule has 3 N–H and O–H groups in total. The van der Waals surface area contributed by atoms with E-state index in [0.29, 0.717) is 0 Å². The maximum Gasteiger partial charge on any atom is 0.0743 e. The standard InChI is InChI=1S/C16H22N4/c1-20(2)16(8-5-9-16)11-19-15-12-6-3-4-7-14(12)18-10-13(15)17/h3-4,6-7,10H,5,8-9,11,17H2,1-2H3,(H,18,19). The Hall–Kier alpha value is -1.81. The van der Waals surface area contributed by atoms with Crippen LogP contribution in [0.3, 0.4) is 0 Å². The number of rotatable bonds is 4. The zero-order chi connectivity index (χ0) is 14.2. The second-order valence-electron chi connectivity index (χ2n) is 5.93. The molecule has 1 heterocycles. The van der Waals surface area contributed by atoms with Crippen molar-refractivity contribution in [1.82, 2.24) is 9.88 Å². The Balaban J connectivity index is 1.89. The molecule has 0 radical (unpaired) electrons. The molecule has 0 spiro atoms. The van der Waals surface area contributed by atoms with E-state index in [1.165, 1.54) is 19.3 Å². The first kappa shape index (κ1) is 13.2. The van der Waals surface area contributed by atoms with E-state index in [0.717, 1.165) is 28.8 Å². The van der Waals surface area contributed by atoms with Crippen molar-refractivity contribution in [2.24, 2.45) is 0 Å². The van der Waals surface area contributed by atoms with E-state index in [2.05, 4.69) is 35.4 Å². The molecule has 1 aromatic heterocycles. The largest absolute Gasteiger partial charge is 0.396 e. The fourth-order valence-corrected chi connectivity index (χ4v) is 2.97. The fourth-order valence-electron chi connectivity index (χ4n) is 2.97. The molecular formula is C16H22N4. The van der Waals surface area contributed by atoms with Crippen LogP contribution in [-0.4, -0.2) is 36.1 Å². The van der Waals surface area contributed by atoms with Crippen LogP contribution in [0.4, 0.5) is 11.4 Å². The first-order valence-electron chi connectivity index (χ1n) is 7.17. The number of nitrogens with one attached hydrogen (secondary N) is 1. The van der Waals surface area contributed by atoms with Crippen molar-refractivity contribution in [3.05, 3.63) is 30.5 Å². The molecule has 0 atom stereocenters. The minimum atomic E-state index is 0.275. The van der Waals surface area contributed by atoms with Gasteiger partial charge in [0.1, 0.15) is 0 Å². The van der Waals surface area contributed by atoms with Crippen molar-refractivity contribution in [1.29, 1.82) is 0 Å². The molecule has 2 aromatic rings. The van der Waals surface area contributed by atoms with Crippen LogP contribution in [0.15, 0.2) is 30.5 Å². The third-order valence-corrected chi connectivity index (χ3v) is 4.63. The molecule has 1 aliphatic rings. The number of fused-ring (bicyclic) bond motifs is 1. The maximum absolute atomic E-state index is 6.11. The van der Waals surface area contributed by atoms with Crippen LogP contribution in [0.5, 0.6) is 0 Å². The monoisotopic (exact) mass is 270 g/mol. The number of nitrogens with zero attached hydrogens (tertiary/aromatic N) is 2. The lowest BCUT2D eigenvalue weighted by Crippen LogP contribution is -2.54. The molecule has 0 amide bonds. The van der Waals surface area contributed by atoms with Crippen molar-refractivity contribution in [3.63, 3.8) is 0 Å². The quantitative estimate of drug-likeness (QED) is 0.897. The average molecular weight is 270 g/mol. The van der Waals surface area contributed by atoms with E-state index in [9.17, 15) is 0 Å². The molecule has 4 heteroatoms. The third kappa shape index (κ3) is 2.10. The maximum atomic E-state index is 6.11. The molecule has 20 heavy (non-hydrogen) atoms. The fraction of sp³-hybridized carbons (Fsp3) is 0.438. The Morgan fingerprint density at radius 2 is 2.05 bits per heavy atom. The lowest BCUT2D eigenvalue weighted by molar-refractivity contribution is 0.0739. The highest BCUT2D eigenvalue weighted by Gasteiger charge is 2.38. The van der Waals surface area contributed by atoms with Crippen LogP contribution in [0.2, 0.25) is 0 Å². The van der Waals surface area contributed by atoms with Gasteiger partial charge >= 0.3 is 0 Å². The van der Waals surface area contributed by atoms with E-state index >= 15 is 0 Å². The zero-order valence-electron chi connectivity index (χ0n) is 12.2. The van der Waals surface area contributed by atoms with Crippen LogP contribution in [-0.2, 0) is 0 Å². The summed E-state index contributed by atoms with van der Waals surface area (Å²) in [6.07, 6.45) is 5.55. The number of para-hydroxylation sites is 1. The van der Waals surface area contributed by atoms with Gasteiger partial charge in [0.15, 0.2) is 0 Å². The molecule has 1 aromatic carbocycles. The summed E-state index contributed by atoms with van der Waals surface area (Å²) in [7, 11) is 4.32. The van der Waals surface area contributed by atoms with E-state index < -0.39 is 0 Å². The normalized spacial score (nSPS) is 17.1. The van der Waals surface area contributed by atoms with Crippen molar-refractivity contribution < 1.29 is 0 Å². The van der Waals surface area contributed by atoms with Crippen molar-refractivity contribution in [2.45, 2.75) is 24.8 Å². The summed E-state index contributed by atoms with van der Waals surface area (Å²) in [5.74, 6) is 0. The SMILES string of the molecule is CN(C)C1(CNc2c(N)cnc3ccccc23)CCC1. The highest BCUT2D eigenvalue weighted by molar-refractivity contribution is 5.96. The molecule has 1 saturated carbocycles. The summed E-state index contributed by atoms with van der Waals surface area (Å²) in [6, 6.07) is 8.12. The Bertz CT molecular complexity index is 617. The highest BCUT2D eigenvalue weighted by atomic mass is 15.2. The van der Waals surface area contributed by atoms with Gasteiger partial charge in [-0.3, -0.25) is 4.98 Å².